The van der Waals surface area contributed by atoms with Crippen LogP contribution in [0.2, 0.25) is 0 Å². The Hall–Kier alpha value is -3.90. The molecule has 2 fully saturated rings. The molecule has 2 aromatic carbocycles. The molecule has 3 unspecified atom stereocenters. The third-order valence-corrected chi connectivity index (χ3v) is 11.5. The van der Waals surface area contributed by atoms with Gasteiger partial charge in [-0.25, -0.2) is 0 Å². The highest BCUT2D eigenvalue weighted by Gasteiger charge is 2.45. The SMILES string of the molecule is Cc1cc(S(=O)(=O)O)c(C(C)C)cc1OS(=O)(=O)c1c(-c2cc3ccc2o3)cc(-c2cc3ccc2o3)cc1C1CC2CCC1O2. The summed E-state index contributed by atoms with van der Waals surface area (Å²) in [6.45, 7) is 5.06. The van der Waals surface area contributed by atoms with Gasteiger partial charge in [0.2, 0.25) is 0 Å². The monoisotopic (exact) mass is 646 g/mol. The average Bonchev–Trinajstić information content (AvgIpc) is 3.85. The van der Waals surface area contributed by atoms with E-state index in [4.69, 9.17) is 17.8 Å². The summed E-state index contributed by atoms with van der Waals surface area (Å²) in [5.74, 6) is -0.549. The summed E-state index contributed by atoms with van der Waals surface area (Å²) in [6.07, 6.45) is 2.38. The van der Waals surface area contributed by atoms with Crippen LogP contribution in [-0.4, -0.2) is 33.6 Å². The molecule has 4 aromatic heterocycles. The van der Waals surface area contributed by atoms with Gasteiger partial charge in [-0.1, -0.05) is 13.8 Å². The molecule has 6 aromatic rings. The average molecular weight is 647 g/mol. The second kappa shape index (κ2) is 9.80. The molecule has 9 nitrogen and oxygen atoms in total. The van der Waals surface area contributed by atoms with Crippen molar-refractivity contribution < 1.29 is 39.1 Å². The first-order valence-electron chi connectivity index (χ1n) is 14.9. The first-order valence-corrected chi connectivity index (χ1v) is 17.7. The Morgan fingerprint density at radius 1 is 0.844 bits per heavy atom. The number of furan rings is 4. The quantitative estimate of drug-likeness (QED) is 0.130. The van der Waals surface area contributed by atoms with Crippen LogP contribution < -0.4 is 4.18 Å². The minimum Gasteiger partial charge on any atom is -0.457 e. The van der Waals surface area contributed by atoms with Gasteiger partial charge in [0, 0.05) is 22.6 Å². The number of rotatable bonds is 8. The molecule has 2 aliphatic heterocycles. The molecule has 45 heavy (non-hydrogen) atoms. The molecule has 11 heteroatoms. The van der Waals surface area contributed by atoms with Gasteiger partial charge in [-0.15, -0.1) is 0 Å². The molecular formula is C34H30O9S2. The third-order valence-electron chi connectivity index (χ3n) is 9.24. The Balaban J connectivity index is 1.36. The standard InChI is InChI=1S/C34H30O9S2/c1-17(2)23-16-32(18(3)10-33(23)44(35,36)37)43-45(38,39)34-27(25-14-21-5-8-30(25)41-21)11-19(24-13-20-4-7-29(24)40-20)12-28(34)26-15-22-6-9-31(26)42-22/h4-5,7-8,10-14,16-17,22,26,31H,6,9,15H2,1-3H3,(H,35,36,37). The van der Waals surface area contributed by atoms with Crippen LogP contribution in [-0.2, 0) is 25.0 Å². The number of aryl methyl sites for hydroxylation is 1. The molecule has 0 spiro atoms. The number of ether oxygens (including phenoxy) is 1. The predicted molar refractivity (Wildman–Crippen MR) is 167 cm³/mol. The smallest absolute Gasteiger partial charge is 0.340 e. The summed E-state index contributed by atoms with van der Waals surface area (Å²) in [4.78, 5) is -0.251. The molecular weight excluding hydrogens is 616 g/mol. The lowest BCUT2D eigenvalue weighted by Gasteiger charge is -2.25. The van der Waals surface area contributed by atoms with Gasteiger partial charge < -0.3 is 17.8 Å². The zero-order valence-corrected chi connectivity index (χ0v) is 26.4. The Kier molecular flexibility index (Phi) is 6.22. The van der Waals surface area contributed by atoms with Crippen molar-refractivity contribution in [2.24, 2.45) is 0 Å². The number of hydrogen-bond acceptors (Lipinski definition) is 8. The molecule has 2 saturated heterocycles. The van der Waals surface area contributed by atoms with E-state index >= 15 is 0 Å². The van der Waals surface area contributed by atoms with Crippen molar-refractivity contribution in [3.8, 4) is 28.0 Å². The molecule has 2 aliphatic rings. The van der Waals surface area contributed by atoms with Gasteiger partial charge in [-0.2, -0.15) is 16.8 Å². The van der Waals surface area contributed by atoms with Crippen LogP contribution in [0.15, 0.2) is 79.3 Å². The summed E-state index contributed by atoms with van der Waals surface area (Å²) < 4.78 is 87.4. The van der Waals surface area contributed by atoms with Crippen molar-refractivity contribution in [3.05, 3.63) is 77.4 Å². The maximum Gasteiger partial charge on any atom is 0.340 e. The van der Waals surface area contributed by atoms with Crippen LogP contribution in [0.5, 0.6) is 5.75 Å². The molecule has 1 N–H and O–H groups in total. The summed E-state index contributed by atoms with van der Waals surface area (Å²) in [7, 11) is -9.09. The second-order valence-corrected chi connectivity index (χ2v) is 15.4. The van der Waals surface area contributed by atoms with Gasteiger partial charge in [0.15, 0.2) is 0 Å². The Labute approximate surface area is 260 Å². The number of benzene rings is 4. The van der Waals surface area contributed by atoms with E-state index in [1.54, 1.807) is 20.8 Å². The fourth-order valence-corrected chi connectivity index (χ4v) is 9.50. The fourth-order valence-electron chi connectivity index (χ4n) is 7.14. The predicted octanol–water partition coefficient (Wildman–Crippen LogP) is 7.87. The molecule has 3 atom stereocenters. The van der Waals surface area contributed by atoms with Crippen LogP contribution in [0.25, 0.3) is 44.6 Å². The van der Waals surface area contributed by atoms with Crippen molar-refractivity contribution >= 4 is 42.6 Å². The Bertz CT molecular complexity index is 2310. The zero-order chi connectivity index (χ0) is 31.4. The minimum absolute atomic E-state index is 0.0160. The molecule has 232 valence electrons. The maximum atomic E-state index is 14.7. The molecule has 0 radical (unpaired) electrons. The highest BCUT2D eigenvalue weighted by molar-refractivity contribution is 7.87. The van der Waals surface area contributed by atoms with E-state index in [-0.39, 0.29) is 50.7 Å². The van der Waals surface area contributed by atoms with E-state index in [9.17, 15) is 21.4 Å². The van der Waals surface area contributed by atoms with Crippen LogP contribution in [0.1, 0.15) is 61.6 Å². The van der Waals surface area contributed by atoms with E-state index < -0.39 is 20.2 Å². The summed E-state index contributed by atoms with van der Waals surface area (Å²) in [5, 5.41) is 0. The minimum atomic E-state index is -4.55. The number of hydrogen-bond donors (Lipinski definition) is 1. The Morgan fingerprint density at radius 3 is 2.07 bits per heavy atom. The van der Waals surface area contributed by atoms with Crippen molar-refractivity contribution in [2.45, 2.75) is 73.9 Å². The second-order valence-electron chi connectivity index (χ2n) is 12.5. The van der Waals surface area contributed by atoms with E-state index in [2.05, 4.69) is 0 Å². The highest BCUT2D eigenvalue weighted by atomic mass is 32.2. The van der Waals surface area contributed by atoms with Crippen molar-refractivity contribution in [1.29, 1.82) is 0 Å². The summed E-state index contributed by atoms with van der Waals surface area (Å²) in [6, 6.07) is 17.6. The zero-order valence-electron chi connectivity index (χ0n) is 24.7. The lowest BCUT2D eigenvalue weighted by atomic mass is 9.81. The van der Waals surface area contributed by atoms with E-state index in [0.717, 1.165) is 29.6 Å². The molecule has 6 heterocycles. The summed E-state index contributed by atoms with van der Waals surface area (Å²) in [5.41, 5.74) is 6.43. The summed E-state index contributed by atoms with van der Waals surface area (Å²) >= 11 is 0. The molecule has 8 rings (SSSR count). The van der Waals surface area contributed by atoms with E-state index in [1.807, 2.05) is 48.5 Å². The van der Waals surface area contributed by atoms with Gasteiger partial charge >= 0.3 is 10.1 Å². The largest absolute Gasteiger partial charge is 0.457 e. The third kappa shape index (κ3) is 4.63. The van der Waals surface area contributed by atoms with Gasteiger partial charge in [-0.3, -0.25) is 4.55 Å². The molecule has 0 amide bonds. The van der Waals surface area contributed by atoms with Crippen LogP contribution in [0, 0.1) is 6.92 Å². The van der Waals surface area contributed by atoms with Crippen LogP contribution in [0.3, 0.4) is 0 Å². The topological polar surface area (TPSA) is 133 Å². The molecule has 6 bridgehead atoms. The fraction of sp³-hybridized carbons (Fsp3) is 0.294. The van der Waals surface area contributed by atoms with Crippen LogP contribution in [0.4, 0.5) is 0 Å². The van der Waals surface area contributed by atoms with E-state index in [1.165, 1.54) is 12.1 Å². The highest BCUT2D eigenvalue weighted by Crippen LogP contribution is 2.50. The first-order chi connectivity index (χ1) is 21.4. The Morgan fingerprint density at radius 2 is 1.53 bits per heavy atom. The lowest BCUT2D eigenvalue weighted by Crippen LogP contribution is -2.21. The van der Waals surface area contributed by atoms with Gasteiger partial charge in [0.1, 0.15) is 33.0 Å². The van der Waals surface area contributed by atoms with Gasteiger partial charge in [0.25, 0.3) is 10.1 Å². The van der Waals surface area contributed by atoms with Crippen molar-refractivity contribution in [1.82, 2.24) is 0 Å². The van der Waals surface area contributed by atoms with Crippen molar-refractivity contribution in [3.63, 3.8) is 0 Å². The number of fused-ring (bicyclic) bond motifs is 6. The first kappa shape index (κ1) is 28.6. The molecule has 0 aliphatic carbocycles. The van der Waals surface area contributed by atoms with E-state index in [0.29, 0.717) is 39.9 Å². The lowest BCUT2D eigenvalue weighted by molar-refractivity contribution is 0.100. The molecule has 0 saturated carbocycles. The van der Waals surface area contributed by atoms with Gasteiger partial charge in [-0.05, 0) is 115 Å². The van der Waals surface area contributed by atoms with Gasteiger partial charge in [0.05, 0.1) is 17.1 Å². The maximum absolute atomic E-state index is 14.7. The van der Waals surface area contributed by atoms with Crippen molar-refractivity contribution in [2.75, 3.05) is 0 Å². The van der Waals surface area contributed by atoms with Crippen LogP contribution >= 0.6 is 0 Å². The normalized spacial score (nSPS) is 20.4.